The molecule has 106 valence electrons. The van der Waals surface area contributed by atoms with Crippen molar-refractivity contribution in [2.24, 2.45) is 5.92 Å². The molecule has 1 rings (SSSR count). The van der Waals surface area contributed by atoms with E-state index in [4.69, 9.17) is 9.84 Å². The second-order valence-electron chi connectivity index (χ2n) is 4.77. The predicted molar refractivity (Wildman–Crippen MR) is 75.6 cm³/mol. The number of nitrogens with zero attached hydrogens (tertiary/aromatic N) is 1. The van der Waals surface area contributed by atoms with Crippen LogP contribution in [0.15, 0.2) is 24.3 Å². The fraction of sp³-hybridized carbons (Fsp3) is 0.533. The summed E-state index contributed by atoms with van der Waals surface area (Å²) in [6.07, 6.45) is 1.52. The first kappa shape index (κ1) is 15.5. The van der Waals surface area contributed by atoms with Gasteiger partial charge in [0.15, 0.2) is 0 Å². The molecule has 4 nitrogen and oxygen atoms in total. The molecular weight excluding hydrogens is 242 g/mol. The van der Waals surface area contributed by atoms with Gasteiger partial charge in [0.1, 0.15) is 5.75 Å². The molecule has 0 aliphatic carbocycles. The number of carbonyl (C=O) groups is 1. The Kier molecular flexibility index (Phi) is 6.36. The lowest BCUT2D eigenvalue weighted by Crippen LogP contribution is -2.31. The van der Waals surface area contributed by atoms with Crippen LogP contribution in [-0.2, 0) is 11.2 Å². The molecule has 0 saturated heterocycles. The average molecular weight is 265 g/mol. The molecule has 0 aliphatic heterocycles. The average Bonchev–Trinajstić information content (AvgIpc) is 2.42. The fourth-order valence-corrected chi connectivity index (χ4v) is 2.07. The Balaban J connectivity index is 2.49. The monoisotopic (exact) mass is 265 g/mol. The van der Waals surface area contributed by atoms with Gasteiger partial charge in [0.2, 0.25) is 0 Å². The van der Waals surface area contributed by atoms with Gasteiger partial charge in [0.25, 0.3) is 0 Å². The van der Waals surface area contributed by atoms with Gasteiger partial charge >= 0.3 is 5.97 Å². The van der Waals surface area contributed by atoms with E-state index in [0.717, 1.165) is 24.3 Å². The number of aliphatic carboxylic acids is 1. The first-order chi connectivity index (χ1) is 9.08. The Morgan fingerprint density at radius 3 is 2.68 bits per heavy atom. The minimum Gasteiger partial charge on any atom is -0.496 e. The summed E-state index contributed by atoms with van der Waals surface area (Å²) in [4.78, 5) is 13.1. The van der Waals surface area contributed by atoms with E-state index in [-0.39, 0.29) is 5.92 Å². The second-order valence-corrected chi connectivity index (χ2v) is 4.77. The van der Waals surface area contributed by atoms with Crippen LogP contribution in [0.3, 0.4) is 0 Å². The highest BCUT2D eigenvalue weighted by Gasteiger charge is 2.17. The van der Waals surface area contributed by atoms with Crippen molar-refractivity contribution in [3.63, 3.8) is 0 Å². The quantitative estimate of drug-likeness (QED) is 0.783. The van der Waals surface area contributed by atoms with Crippen molar-refractivity contribution in [1.82, 2.24) is 4.90 Å². The summed E-state index contributed by atoms with van der Waals surface area (Å²) < 4.78 is 5.31. The topological polar surface area (TPSA) is 49.8 Å². The van der Waals surface area contributed by atoms with E-state index in [0.29, 0.717) is 13.0 Å². The smallest absolute Gasteiger partial charge is 0.307 e. The second kappa shape index (κ2) is 7.79. The largest absolute Gasteiger partial charge is 0.496 e. The number of hydrogen-bond acceptors (Lipinski definition) is 3. The normalized spacial score (nSPS) is 12.4. The van der Waals surface area contributed by atoms with E-state index < -0.39 is 5.97 Å². The first-order valence-corrected chi connectivity index (χ1v) is 6.61. The van der Waals surface area contributed by atoms with E-state index in [1.54, 1.807) is 7.11 Å². The summed E-state index contributed by atoms with van der Waals surface area (Å²) in [7, 11) is 3.63. The lowest BCUT2D eigenvalue weighted by atomic mass is 10.1. The minimum atomic E-state index is -0.716. The molecule has 0 radical (unpaired) electrons. The number of likely N-dealkylation sites (N-methyl/N-ethyl adjacent to an activating group) is 1. The van der Waals surface area contributed by atoms with Crippen molar-refractivity contribution in [2.45, 2.75) is 19.8 Å². The number of carboxylic acids is 1. The van der Waals surface area contributed by atoms with Gasteiger partial charge < -0.3 is 14.7 Å². The molecule has 1 atom stereocenters. The molecule has 0 bridgehead atoms. The van der Waals surface area contributed by atoms with Crippen LogP contribution in [0.25, 0.3) is 0 Å². The third-order valence-corrected chi connectivity index (χ3v) is 3.33. The molecule has 4 heteroatoms. The molecule has 0 fully saturated rings. The van der Waals surface area contributed by atoms with Gasteiger partial charge in [-0.1, -0.05) is 25.1 Å². The van der Waals surface area contributed by atoms with E-state index in [1.165, 1.54) is 0 Å². The van der Waals surface area contributed by atoms with Crippen LogP contribution in [0.4, 0.5) is 0 Å². The van der Waals surface area contributed by atoms with Gasteiger partial charge in [-0.2, -0.15) is 0 Å². The SMILES string of the molecule is CCC(CN(C)CCc1ccccc1OC)C(=O)O. The highest BCUT2D eigenvalue weighted by atomic mass is 16.5. The van der Waals surface area contributed by atoms with Gasteiger partial charge in [0, 0.05) is 13.1 Å². The van der Waals surface area contributed by atoms with Crippen LogP contribution in [0.2, 0.25) is 0 Å². The molecule has 19 heavy (non-hydrogen) atoms. The summed E-state index contributed by atoms with van der Waals surface area (Å²) in [6.45, 7) is 3.32. The Labute approximate surface area is 115 Å². The zero-order chi connectivity index (χ0) is 14.3. The molecule has 0 aliphatic rings. The van der Waals surface area contributed by atoms with Gasteiger partial charge in [-0.05, 0) is 31.5 Å². The van der Waals surface area contributed by atoms with Crippen molar-refractivity contribution >= 4 is 5.97 Å². The van der Waals surface area contributed by atoms with E-state index in [9.17, 15) is 4.79 Å². The van der Waals surface area contributed by atoms with Gasteiger partial charge in [0.05, 0.1) is 13.0 Å². The predicted octanol–water partition coefficient (Wildman–Crippen LogP) is 2.28. The maximum Gasteiger partial charge on any atom is 0.307 e. The molecule has 1 unspecified atom stereocenters. The van der Waals surface area contributed by atoms with E-state index in [2.05, 4.69) is 4.90 Å². The molecule has 0 aromatic heterocycles. The highest BCUT2D eigenvalue weighted by molar-refractivity contribution is 5.70. The lowest BCUT2D eigenvalue weighted by Gasteiger charge is -2.20. The van der Waals surface area contributed by atoms with Crippen LogP contribution in [0, 0.1) is 5.92 Å². The minimum absolute atomic E-state index is 0.289. The lowest BCUT2D eigenvalue weighted by molar-refractivity contribution is -0.142. The van der Waals surface area contributed by atoms with Crippen LogP contribution in [-0.4, -0.2) is 43.2 Å². The molecule has 0 heterocycles. The Bertz CT molecular complexity index is 406. The van der Waals surface area contributed by atoms with E-state index in [1.807, 2.05) is 38.2 Å². The summed E-state index contributed by atoms with van der Waals surface area (Å²) in [5.74, 6) is -0.115. The van der Waals surface area contributed by atoms with Crippen molar-refractivity contribution in [1.29, 1.82) is 0 Å². The zero-order valence-corrected chi connectivity index (χ0v) is 11.9. The Morgan fingerprint density at radius 1 is 1.42 bits per heavy atom. The number of para-hydroxylation sites is 1. The number of ether oxygens (including phenoxy) is 1. The molecular formula is C15H23NO3. The van der Waals surface area contributed by atoms with Gasteiger partial charge in [-0.25, -0.2) is 0 Å². The molecule has 0 saturated carbocycles. The number of benzene rings is 1. The van der Waals surface area contributed by atoms with Crippen LogP contribution in [0.1, 0.15) is 18.9 Å². The van der Waals surface area contributed by atoms with Gasteiger partial charge in [-0.15, -0.1) is 0 Å². The summed E-state index contributed by atoms with van der Waals surface area (Å²) >= 11 is 0. The fourth-order valence-electron chi connectivity index (χ4n) is 2.07. The Morgan fingerprint density at radius 2 is 2.11 bits per heavy atom. The molecule has 1 aromatic rings. The maximum atomic E-state index is 11.0. The summed E-state index contributed by atoms with van der Waals surface area (Å²) in [6, 6.07) is 7.93. The van der Waals surface area contributed by atoms with Crippen LogP contribution >= 0.6 is 0 Å². The number of hydrogen-bond donors (Lipinski definition) is 1. The summed E-state index contributed by atoms with van der Waals surface area (Å²) in [5.41, 5.74) is 1.15. The number of rotatable bonds is 8. The van der Waals surface area contributed by atoms with Crippen LogP contribution in [0.5, 0.6) is 5.75 Å². The molecule has 1 aromatic carbocycles. The van der Waals surface area contributed by atoms with Crippen molar-refractivity contribution in [3.05, 3.63) is 29.8 Å². The molecule has 0 spiro atoms. The Hall–Kier alpha value is -1.55. The third kappa shape index (κ3) is 4.91. The molecule has 1 N–H and O–H groups in total. The van der Waals surface area contributed by atoms with Gasteiger partial charge in [-0.3, -0.25) is 4.79 Å². The molecule has 0 amide bonds. The first-order valence-electron chi connectivity index (χ1n) is 6.61. The highest BCUT2D eigenvalue weighted by Crippen LogP contribution is 2.18. The zero-order valence-electron chi connectivity index (χ0n) is 11.9. The standard InChI is InChI=1S/C15H23NO3/c1-4-12(15(17)18)11-16(2)10-9-13-7-5-6-8-14(13)19-3/h5-8,12H,4,9-11H2,1-3H3,(H,17,18). The maximum absolute atomic E-state index is 11.0. The van der Waals surface area contributed by atoms with Crippen LogP contribution < -0.4 is 4.74 Å². The summed E-state index contributed by atoms with van der Waals surface area (Å²) in [5, 5.41) is 9.04. The van der Waals surface area contributed by atoms with Crippen molar-refractivity contribution < 1.29 is 14.6 Å². The number of carboxylic acid groups (broad SMARTS) is 1. The van der Waals surface area contributed by atoms with E-state index >= 15 is 0 Å². The van der Waals surface area contributed by atoms with Crippen molar-refractivity contribution in [3.8, 4) is 5.75 Å². The number of methoxy groups -OCH3 is 1. The van der Waals surface area contributed by atoms with Crippen molar-refractivity contribution in [2.75, 3.05) is 27.2 Å². The third-order valence-electron chi connectivity index (χ3n) is 3.33.